The maximum absolute atomic E-state index is 11.3. The lowest BCUT2D eigenvalue weighted by atomic mass is 10.4. The second kappa shape index (κ2) is 6.34. The predicted molar refractivity (Wildman–Crippen MR) is 68.2 cm³/mol. The van der Waals surface area contributed by atoms with E-state index in [1.807, 2.05) is 0 Å². The van der Waals surface area contributed by atoms with Crippen LogP contribution in [0.5, 0.6) is 0 Å². The van der Waals surface area contributed by atoms with Gasteiger partial charge in [-0.05, 0) is 19.1 Å². The van der Waals surface area contributed by atoms with Crippen LogP contribution in [0, 0.1) is 6.92 Å². The van der Waals surface area contributed by atoms with Crippen molar-refractivity contribution >= 4 is 21.4 Å². The highest BCUT2D eigenvalue weighted by Gasteiger charge is 2.07. The van der Waals surface area contributed by atoms with E-state index in [2.05, 4.69) is 29.1 Å². The third-order valence-electron chi connectivity index (χ3n) is 2.01. The van der Waals surface area contributed by atoms with Crippen molar-refractivity contribution in [1.82, 2.24) is 10.0 Å². The van der Waals surface area contributed by atoms with Crippen molar-refractivity contribution in [3.05, 3.63) is 21.9 Å². The Kier molecular flexibility index (Phi) is 5.40. The topological polar surface area (TPSA) is 58.2 Å². The van der Waals surface area contributed by atoms with E-state index in [-0.39, 0.29) is 5.75 Å². The number of hydrogen-bond donors (Lipinski definition) is 2. The average Bonchev–Trinajstić information content (AvgIpc) is 2.59. The van der Waals surface area contributed by atoms with Crippen molar-refractivity contribution in [3.8, 4) is 0 Å². The van der Waals surface area contributed by atoms with Crippen LogP contribution >= 0.6 is 11.3 Å². The van der Waals surface area contributed by atoms with Crippen LogP contribution in [0.3, 0.4) is 0 Å². The number of sulfonamides is 1. The predicted octanol–water partition coefficient (Wildman–Crippen LogP) is 1.09. The maximum Gasteiger partial charge on any atom is 0.212 e. The normalized spacial score (nSPS) is 11.9. The molecule has 0 spiro atoms. The van der Waals surface area contributed by atoms with E-state index >= 15 is 0 Å². The quantitative estimate of drug-likeness (QED) is 0.723. The van der Waals surface area contributed by atoms with Gasteiger partial charge in [0.1, 0.15) is 0 Å². The number of aryl methyl sites for hydroxylation is 1. The Labute approximate surface area is 101 Å². The summed E-state index contributed by atoms with van der Waals surface area (Å²) in [5.41, 5.74) is 0. The number of thiophene rings is 1. The van der Waals surface area contributed by atoms with Crippen LogP contribution < -0.4 is 10.0 Å². The summed E-state index contributed by atoms with van der Waals surface area (Å²) in [7, 11) is -3.09. The fraction of sp³-hybridized carbons (Fsp3) is 0.600. The van der Waals surface area contributed by atoms with Crippen molar-refractivity contribution < 1.29 is 8.42 Å². The zero-order chi connectivity index (χ0) is 12.0. The molecule has 0 aliphatic heterocycles. The van der Waals surface area contributed by atoms with E-state index < -0.39 is 10.0 Å². The van der Waals surface area contributed by atoms with Crippen LogP contribution in [-0.4, -0.2) is 27.3 Å². The summed E-state index contributed by atoms with van der Waals surface area (Å²) in [6.07, 6.45) is 0. The van der Waals surface area contributed by atoms with Gasteiger partial charge in [-0.25, -0.2) is 13.1 Å². The molecule has 0 saturated carbocycles. The minimum atomic E-state index is -3.09. The third kappa shape index (κ3) is 5.07. The molecular weight excluding hydrogens is 244 g/mol. The first-order valence-corrected chi connectivity index (χ1v) is 7.74. The molecule has 0 atom stereocenters. The lowest BCUT2D eigenvalue weighted by Crippen LogP contribution is -2.31. The van der Waals surface area contributed by atoms with Gasteiger partial charge in [0, 0.05) is 29.4 Å². The molecule has 1 aromatic heterocycles. The number of nitrogens with one attached hydrogen (secondary N) is 2. The van der Waals surface area contributed by atoms with E-state index in [1.54, 1.807) is 18.3 Å². The SMILES string of the molecule is CCNS(=O)(=O)CCNCc1ccc(C)s1. The lowest BCUT2D eigenvalue weighted by Gasteiger charge is -2.05. The molecule has 0 bridgehead atoms. The Morgan fingerprint density at radius 1 is 1.38 bits per heavy atom. The first kappa shape index (κ1) is 13.6. The maximum atomic E-state index is 11.3. The summed E-state index contributed by atoms with van der Waals surface area (Å²) in [6.45, 7) is 5.50. The molecule has 0 aromatic carbocycles. The van der Waals surface area contributed by atoms with E-state index in [9.17, 15) is 8.42 Å². The van der Waals surface area contributed by atoms with E-state index in [0.29, 0.717) is 13.1 Å². The molecule has 0 radical (unpaired) electrons. The van der Waals surface area contributed by atoms with Gasteiger partial charge in [-0.15, -0.1) is 11.3 Å². The second-order valence-corrected chi connectivity index (χ2v) is 6.80. The molecule has 0 aliphatic rings. The molecule has 1 rings (SSSR count). The molecule has 0 aliphatic carbocycles. The number of hydrogen-bond acceptors (Lipinski definition) is 4. The molecule has 2 N–H and O–H groups in total. The van der Waals surface area contributed by atoms with Gasteiger partial charge in [-0.1, -0.05) is 6.92 Å². The minimum Gasteiger partial charge on any atom is -0.311 e. The highest BCUT2D eigenvalue weighted by atomic mass is 32.2. The molecule has 4 nitrogen and oxygen atoms in total. The van der Waals surface area contributed by atoms with Gasteiger partial charge in [-0.3, -0.25) is 0 Å². The highest BCUT2D eigenvalue weighted by Crippen LogP contribution is 2.14. The zero-order valence-electron chi connectivity index (χ0n) is 9.62. The summed E-state index contributed by atoms with van der Waals surface area (Å²) in [6, 6.07) is 4.13. The van der Waals surface area contributed by atoms with Gasteiger partial charge >= 0.3 is 0 Å². The van der Waals surface area contributed by atoms with Crippen molar-refractivity contribution in [2.75, 3.05) is 18.8 Å². The largest absolute Gasteiger partial charge is 0.311 e. The van der Waals surface area contributed by atoms with E-state index in [4.69, 9.17) is 0 Å². The molecule has 0 unspecified atom stereocenters. The van der Waals surface area contributed by atoms with Crippen LogP contribution in [0.15, 0.2) is 12.1 Å². The van der Waals surface area contributed by atoms with Crippen LogP contribution in [0.1, 0.15) is 16.7 Å². The van der Waals surface area contributed by atoms with Crippen molar-refractivity contribution in [2.24, 2.45) is 0 Å². The second-order valence-electron chi connectivity index (χ2n) is 3.51. The van der Waals surface area contributed by atoms with Gasteiger partial charge in [-0.2, -0.15) is 0 Å². The lowest BCUT2D eigenvalue weighted by molar-refractivity contribution is 0.579. The molecule has 0 fully saturated rings. The van der Waals surface area contributed by atoms with Crippen LogP contribution in [-0.2, 0) is 16.6 Å². The Balaban J connectivity index is 2.22. The smallest absolute Gasteiger partial charge is 0.212 e. The average molecular weight is 262 g/mol. The molecule has 0 amide bonds. The minimum absolute atomic E-state index is 0.130. The Morgan fingerprint density at radius 3 is 2.69 bits per heavy atom. The first-order chi connectivity index (χ1) is 7.53. The van der Waals surface area contributed by atoms with Gasteiger partial charge in [0.25, 0.3) is 0 Å². The zero-order valence-corrected chi connectivity index (χ0v) is 11.2. The van der Waals surface area contributed by atoms with Crippen molar-refractivity contribution in [1.29, 1.82) is 0 Å². The fourth-order valence-electron chi connectivity index (χ4n) is 1.29. The van der Waals surface area contributed by atoms with E-state index in [1.165, 1.54) is 9.75 Å². The molecule has 16 heavy (non-hydrogen) atoms. The number of rotatable bonds is 7. The van der Waals surface area contributed by atoms with Crippen LogP contribution in [0.25, 0.3) is 0 Å². The summed E-state index contributed by atoms with van der Waals surface area (Å²) in [5.74, 6) is 0.130. The standard InChI is InChI=1S/C10H18N2O2S2/c1-3-12-16(13,14)7-6-11-8-10-5-4-9(2)15-10/h4-5,11-12H,3,6-8H2,1-2H3. The fourth-order valence-corrected chi connectivity index (χ4v) is 3.15. The summed E-state index contributed by atoms with van der Waals surface area (Å²) in [4.78, 5) is 2.51. The van der Waals surface area contributed by atoms with E-state index in [0.717, 1.165) is 6.54 Å². The Morgan fingerprint density at radius 2 is 2.12 bits per heavy atom. The molecular formula is C10H18N2O2S2. The monoisotopic (exact) mass is 262 g/mol. The highest BCUT2D eigenvalue weighted by molar-refractivity contribution is 7.89. The summed E-state index contributed by atoms with van der Waals surface area (Å²) >= 11 is 1.73. The van der Waals surface area contributed by atoms with Crippen molar-refractivity contribution in [2.45, 2.75) is 20.4 Å². The molecule has 1 aromatic rings. The van der Waals surface area contributed by atoms with Gasteiger partial charge in [0.05, 0.1) is 5.75 Å². The van der Waals surface area contributed by atoms with Crippen LogP contribution in [0.2, 0.25) is 0 Å². The molecule has 92 valence electrons. The van der Waals surface area contributed by atoms with Gasteiger partial charge in [0.15, 0.2) is 0 Å². The summed E-state index contributed by atoms with van der Waals surface area (Å²) < 4.78 is 25.1. The molecule has 1 heterocycles. The Bertz CT molecular complexity index is 412. The summed E-state index contributed by atoms with van der Waals surface area (Å²) in [5, 5.41) is 3.12. The Hall–Kier alpha value is -0.430. The molecule has 6 heteroatoms. The van der Waals surface area contributed by atoms with Crippen molar-refractivity contribution in [3.63, 3.8) is 0 Å². The van der Waals surface area contributed by atoms with Gasteiger partial charge < -0.3 is 5.32 Å². The third-order valence-corrected chi connectivity index (χ3v) is 4.48. The molecule has 0 saturated heterocycles. The first-order valence-electron chi connectivity index (χ1n) is 5.27. The van der Waals surface area contributed by atoms with Gasteiger partial charge in [0.2, 0.25) is 10.0 Å². The van der Waals surface area contributed by atoms with Crippen LogP contribution in [0.4, 0.5) is 0 Å².